The van der Waals surface area contributed by atoms with Crippen LogP contribution in [0.15, 0.2) is 12.2 Å². The Morgan fingerprint density at radius 1 is 1.45 bits per heavy atom. The first kappa shape index (κ1) is 15.5. The molecule has 3 fully saturated rings. The standard InChI is InChI=1S/C14H19NO6S/c1-7(2)13(17)15-6-10(16)20-11-8-4-9-14(3,5-8)12(11)22(18,19)21-9/h8-9,11-12H,1,4-6H2,2-3H3,(H,15,17). The van der Waals surface area contributed by atoms with Crippen molar-refractivity contribution in [1.82, 2.24) is 5.32 Å². The summed E-state index contributed by atoms with van der Waals surface area (Å²) in [4.78, 5) is 23.2. The van der Waals surface area contributed by atoms with Crippen LogP contribution in [0.1, 0.15) is 26.7 Å². The number of hydrogen-bond acceptors (Lipinski definition) is 6. The van der Waals surface area contributed by atoms with Crippen LogP contribution in [-0.4, -0.2) is 44.3 Å². The third kappa shape index (κ3) is 2.16. The SMILES string of the molecule is C=C(C)C(=O)NCC(=O)OC1C2CC3OS(=O)(=O)C1C3(C)C2. The van der Waals surface area contributed by atoms with Gasteiger partial charge in [0.25, 0.3) is 10.1 Å². The number of nitrogens with one attached hydrogen (secondary N) is 1. The molecule has 1 amide bonds. The second kappa shape index (κ2) is 4.79. The molecule has 3 aliphatic rings. The molecule has 1 aliphatic heterocycles. The van der Waals surface area contributed by atoms with Gasteiger partial charge < -0.3 is 10.1 Å². The molecule has 0 spiro atoms. The molecule has 5 atom stereocenters. The molecule has 1 N–H and O–H groups in total. The predicted molar refractivity (Wildman–Crippen MR) is 76.1 cm³/mol. The van der Waals surface area contributed by atoms with Crippen molar-refractivity contribution < 1.29 is 26.9 Å². The lowest BCUT2D eigenvalue weighted by Crippen LogP contribution is -2.45. The zero-order valence-corrected chi connectivity index (χ0v) is 13.3. The Morgan fingerprint density at radius 3 is 2.77 bits per heavy atom. The minimum Gasteiger partial charge on any atom is -0.459 e. The molecule has 0 radical (unpaired) electrons. The Morgan fingerprint density at radius 2 is 2.14 bits per heavy atom. The van der Waals surface area contributed by atoms with E-state index in [1.807, 2.05) is 6.92 Å². The third-order valence-corrected chi connectivity index (χ3v) is 6.91. The fourth-order valence-electron chi connectivity index (χ4n) is 4.02. The molecule has 0 aromatic rings. The summed E-state index contributed by atoms with van der Waals surface area (Å²) in [7, 11) is -3.71. The smallest absolute Gasteiger partial charge is 0.325 e. The number of esters is 1. The lowest BCUT2D eigenvalue weighted by molar-refractivity contribution is -0.151. The average molecular weight is 329 g/mol. The highest BCUT2D eigenvalue weighted by Gasteiger charge is 2.72. The van der Waals surface area contributed by atoms with Gasteiger partial charge >= 0.3 is 5.97 Å². The highest BCUT2D eigenvalue weighted by molar-refractivity contribution is 7.87. The zero-order chi connectivity index (χ0) is 16.3. The van der Waals surface area contributed by atoms with E-state index < -0.39 is 38.8 Å². The summed E-state index contributed by atoms with van der Waals surface area (Å²) in [6.07, 6.45) is 0.272. The minimum absolute atomic E-state index is 0.00179. The van der Waals surface area contributed by atoms with E-state index in [2.05, 4.69) is 11.9 Å². The highest BCUT2D eigenvalue weighted by Crippen LogP contribution is 2.63. The number of amides is 1. The van der Waals surface area contributed by atoms with Gasteiger partial charge in [0.1, 0.15) is 17.9 Å². The molecule has 7 nitrogen and oxygen atoms in total. The summed E-state index contributed by atoms with van der Waals surface area (Å²) >= 11 is 0. The van der Waals surface area contributed by atoms with Crippen molar-refractivity contribution in [3.8, 4) is 0 Å². The average Bonchev–Trinajstić information content (AvgIpc) is 2.88. The van der Waals surface area contributed by atoms with Gasteiger partial charge in [-0.05, 0) is 19.8 Å². The van der Waals surface area contributed by atoms with Gasteiger partial charge in [-0.25, -0.2) is 0 Å². The van der Waals surface area contributed by atoms with E-state index in [0.29, 0.717) is 12.8 Å². The molecule has 122 valence electrons. The van der Waals surface area contributed by atoms with E-state index in [1.165, 1.54) is 6.92 Å². The monoisotopic (exact) mass is 329 g/mol. The van der Waals surface area contributed by atoms with E-state index in [1.54, 1.807) is 0 Å². The first-order chi connectivity index (χ1) is 10.1. The van der Waals surface area contributed by atoms with Crippen LogP contribution in [0.3, 0.4) is 0 Å². The second-order valence-corrected chi connectivity index (χ2v) is 8.31. The van der Waals surface area contributed by atoms with Crippen molar-refractivity contribution in [2.24, 2.45) is 11.3 Å². The summed E-state index contributed by atoms with van der Waals surface area (Å²) in [5, 5.41) is 1.58. The molecule has 5 unspecified atom stereocenters. The van der Waals surface area contributed by atoms with Crippen LogP contribution < -0.4 is 5.32 Å². The Kier molecular flexibility index (Phi) is 3.37. The van der Waals surface area contributed by atoms with Crippen LogP contribution in [0.4, 0.5) is 0 Å². The number of carbonyl (C=O) groups excluding carboxylic acids is 2. The summed E-state index contributed by atoms with van der Waals surface area (Å²) in [6.45, 7) is 6.57. The van der Waals surface area contributed by atoms with Gasteiger partial charge in [0, 0.05) is 16.9 Å². The summed E-state index contributed by atoms with van der Waals surface area (Å²) in [5.41, 5.74) is -0.190. The number of rotatable bonds is 4. The van der Waals surface area contributed by atoms with Crippen molar-refractivity contribution in [1.29, 1.82) is 0 Å². The number of fused-ring (bicyclic) bond motifs is 1. The molecule has 0 aromatic carbocycles. The van der Waals surface area contributed by atoms with E-state index in [9.17, 15) is 18.0 Å². The lowest BCUT2D eigenvalue weighted by Gasteiger charge is -2.30. The maximum atomic E-state index is 12.1. The quantitative estimate of drug-likeness (QED) is 0.447. The van der Waals surface area contributed by atoms with Gasteiger partial charge in [0.15, 0.2) is 0 Å². The Bertz CT molecular complexity index is 656. The van der Waals surface area contributed by atoms with Crippen molar-refractivity contribution in [3.63, 3.8) is 0 Å². The largest absolute Gasteiger partial charge is 0.459 e. The van der Waals surface area contributed by atoms with Crippen LogP contribution in [0, 0.1) is 11.3 Å². The number of carbonyl (C=O) groups is 2. The van der Waals surface area contributed by atoms with Crippen molar-refractivity contribution in [2.45, 2.75) is 44.1 Å². The summed E-state index contributed by atoms with van der Waals surface area (Å²) < 4.78 is 34.8. The number of hydrogen-bond donors (Lipinski definition) is 1. The van der Waals surface area contributed by atoms with Gasteiger partial charge in [0.2, 0.25) is 5.91 Å². The van der Waals surface area contributed by atoms with Crippen LogP contribution in [0.5, 0.6) is 0 Å². The first-order valence-electron chi connectivity index (χ1n) is 7.20. The minimum atomic E-state index is -3.71. The lowest BCUT2D eigenvalue weighted by atomic mass is 9.82. The van der Waals surface area contributed by atoms with Crippen LogP contribution >= 0.6 is 0 Å². The first-order valence-corrected chi connectivity index (χ1v) is 8.67. The van der Waals surface area contributed by atoms with Crippen LogP contribution in [-0.2, 0) is 28.6 Å². The third-order valence-electron chi connectivity index (χ3n) is 4.98. The second-order valence-electron chi connectivity index (χ2n) is 6.62. The number of ether oxygens (including phenoxy) is 1. The normalized spacial score (nSPS) is 40.5. The molecule has 22 heavy (non-hydrogen) atoms. The van der Waals surface area contributed by atoms with Crippen LogP contribution in [0.25, 0.3) is 0 Å². The van der Waals surface area contributed by atoms with E-state index in [-0.39, 0.29) is 24.1 Å². The van der Waals surface area contributed by atoms with Crippen molar-refractivity contribution in [3.05, 3.63) is 12.2 Å². The van der Waals surface area contributed by atoms with E-state index in [0.717, 1.165) is 0 Å². The Labute approximate surface area is 129 Å². The Balaban J connectivity index is 1.68. The molecule has 1 saturated heterocycles. The van der Waals surface area contributed by atoms with Gasteiger partial charge in [-0.3, -0.25) is 13.8 Å². The highest BCUT2D eigenvalue weighted by atomic mass is 32.2. The van der Waals surface area contributed by atoms with Gasteiger partial charge in [-0.15, -0.1) is 0 Å². The molecule has 2 aliphatic carbocycles. The van der Waals surface area contributed by atoms with Crippen molar-refractivity contribution >= 4 is 22.0 Å². The molecule has 8 heteroatoms. The van der Waals surface area contributed by atoms with Gasteiger partial charge in [-0.2, -0.15) is 8.42 Å². The Hall–Kier alpha value is -1.41. The maximum absolute atomic E-state index is 12.1. The summed E-state index contributed by atoms with van der Waals surface area (Å²) in [6, 6.07) is 0. The molecular formula is C14H19NO6S. The van der Waals surface area contributed by atoms with Crippen LogP contribution in [0.2, 0.25) is 0 Å². The van der Waals surface area contributed by atoms with E-state index >= 15 is 0 Å². The van der Waals surface area contributed by atoms with Gasteiger partial charge in [0.05, 0.1) is 6.10 Å². The fourth-order valence-corrected chi connectivity index (χ4v) is 6.27. The molecule has 2 bridgehead atoms. The maximum Gasteiger partial charge on any atom is 0.325 e. The molecule has 3 rings (SSSR count). The van der Waals surface area contributed by atoms with E-state index in [4.69, 9.17) is 8.92 Å². The predicted octanol–water partition coefficient (Wildman–Crippen LogP) is 0.118. The van der Waals surface area contributed by atoms with Crippen molar-refractivity contribution in [2.75, 3.05) is 6.54 Å². The topological polar surface area (TPSA) is 98.8 Å². The molecule has 0 aromatic heterocycles. The molecule has 1 heterocycles. The zero-order valence-electron chi connectivity index (χ0n) is 12.5. The molecule has 2 saturated carbocycles. The summed E-state index contributed by atoms with van der Waals surface area (Å²) in [5.74, 6) is -1.08. The fraction of sp³-hybridized carbons (Fsp3) is 0.714. The van der Waals surface area contributed by atoms with Gasteiger partial charge in [-0.1, -0.05) is 13.5 Å². The molecular weight excluding hydrogens is 310 g/mol.